The fourth-order valence-electron chi connectivity index (χ4n) is 5.26. The van der Waals surface area contributed by atoms with E-state index in [9.17, 15) is 4.79 Å². The Morgan fingerprint density at radius 3 is 2.31 bits per heavy atom. The number of hydrogen-bond acceptors (Lipinski definition) is 5. The van der Waals surface area contributed by atoms with Crippen molar-refractivity contribution in [3.63, 3.8) is 0 Å². The minimum atomic E-state index is -0.0962. The monoisotopic (exact) mass is 471 g/mol. The summed E-state index contributed by atoms with van der Waals surface area (Å²) in [4.78, 5) is 15.1. The normalized spacial score (nSPS) is 19.3. The van der Waals surface area contributed by atoms with Crippen LogP contribution in [0.4, 0.5) is 11.4 Å². The molecule has 35 heavy (non-hydrogen) atoms. The van der Waals surface area contributed by atoms with E-state index in [1.165, 1.54) is 11.1 Å². The number of ether oxygens (including phenoxy) is 2. The van der Waals surface area contributed by atoms with Crippen LogP contribution in [0, 0.1) is 6.92 Å². The van der Waals surface area contributed by atoms with Gasteiger partial charge in [0.15, 0.2) is 11.5 Å². The molecule has 6 nitrogen and oxygen atoms in total. The zero-order valence-electron chi connectivity index (χ0n) is 20.6. The van der Waals surface area contributed by atoms with Crippen LogP contribution in [-0.2, 0) is 6.42 Å². The number of carbonyl (C=O) groups excluding carboxylic acids is 1. The molecule has 2 heterocycles. The van der Waals surface area contributed by atoms with Crippen molar-refractivity contribution in [1.82, 2.24) is 4.90 Å². The molecular weight excluding hydrogens is 438 g/mol. The predicted molar refractivity (Wildman–Crippen MR) is 140 cm³/mol. The molecule has 2 atom stereocenters. The van der Waals surface area contributed by atoms with Gasteiger partial charge in [0.25, 0.3) is 5.91 Å². The van der Waals surface area contributed by atoms with Crippen LogP contribution < -0.4 is 20.1 Å². The maximum atomic E-state index is 12.5. The molecule has 2 N–H and O–H groups in total. The molecular formula is C29H33N3O3. The highest BCUT2D eigenvalue weighted by atomic mass is 16.5. The summed E-state index contributed by atoms with van der Waals surface area (Å²) in [5, 5.41) is 6.70. The van der Waals surface area contributed by atoms with Gasteiger partial charge in [0.1, 0.15) is 0 Å². The van der Waals surface area contributed by atoms with Gasteiger partial charge in [-0.05, 0) is 85.8 Å². The van der Waals surface area contributed by atoms with E-state index in [4.69, 9.17) is 9.47 Å². The van der Waals surface area contributed by atoms with Crippen molar-refractivity contribution in [2.45, 2.75) is 38.3 Å². The number of nitrogens with one attached hydrogen (secondary N) is 2. The number of aryl methyl sites for hydroxylation is 1. The lowest BCUT2D eigenvalue weighted by atomic mass is 9.84. The molecule has 6 heteroatoms. The summed E-state index contributed by atoms with van der Waals surface area (Å²) in [6.07, 6.45) is 3.18. The molecule has 3 aromatic rings. The van der Waals surface area contributed by atoms with Crippen molar-refractivity contribution in [1.29, 1.82) is 0 Å². The molecule has 0 radical (unpaired) electrons. The van der Waals surface area contributed by atoms with Crippen LogP contribution in [0.25, 0.3) is 0 Å². The zero-order valence-corrected chi connectivity index (χ0v) is 20.6. The van der Waals surface area contributed by atoms with Gasteiger partial charge >= 0.3 is 0 Å². The van der Waals surface area contributed by atoms with Crippen LogP contribution >= 0.6 is 0 Å². The van der Waals surface area contributed by atoms with Crippen LogP contribution in [0.3, 0.4) is 0 Å². The molecule has 0 saturated carbocycles. The molecule has 0 aliphatic carbocycles. The molecule has 182 valence electrons. The van der Waals surface area contributed by atoms with E-state index < -0.39 is 0 Å². The fraction of sp³-hybridized carbons (Fsp3) is 0.345. The third-order valence-electron chi connectivity index (χ3n) is 7.21. The van der Waals surface area contributed by atoms with Gasteiger partial charge in [0, 0.05) is 42.1 Å². The fourth-order valence-corrected chi connectivity index (χ4v) is 5.26. The van der Waals surface area contributed by atoms with Gasteiger partial charge in [-0.1, -0.05) is 17.7 Å². The van der Waals surface area contributed by atoms with E-state index in [1.807, 2.05) is 55.5 Å². The summed E-state index contributed by atoms with van der Waals surface area (Å²) in [5.74, 6) is 1.51. The van der Waals surface area contributed by atoms with E-state index in [1.54, 1.807) is 14.2 Å². The molecule has 2 unspecified atom stereocenters. The number of hydrogen-bond donors (Lipinski definition) is 2. The Kier molecular flexibility index (Phi) is 6.64. The Labute approximate surface area is 207 Å². The smallest absolute Gasteiger partial charge is 0.255 e. The van der Waals surface area contributed by atoms with Gasteiger partial charge in [0.05, 0.1) is 14.2 Å². The summed E-state index contributed by atoms with van der Waals surface area (Å²) in [6, 6.07) is 20.7. The number of nitrogens with zero attached hydrogens (tertiary/aromatic N) is 1. The van der Waals surface area contributed by atoms with Gasteiger partial charge in [-0.25, -0.2) is 0 Å². The Balaban J connectivity index is 1.24. The molecule has 0 bridgehead atoms. The molecule has 0 spiro atoms. The number of carbonyl (C=O) groups is 1. The zero-order chi connectivity index (χ0) is 24.4. The largest absolute Gasteiger partial charge is 0.493 e. The highest BCUT2D eigenvalue weighted by Crippen LogP contribution is 2.42. The lowest BCUT2D eigenvalue weighted by molar-refractivity contribution is 0.102. The van der Waals surface area contributed by atoms with E-state index in [2.05, 4.69) is 27.7 Å². The minimum Gasteiger partial charge on any atom is -0.493 e. The molecule has 1 fully saturated rings. The van der Waals surface area contributed by atoms with Gasteiger partial charge in [-0.2, -0.15) is 0 Å². The highest BCUT2D eigenvalue weighted by molar-refractivity contribution is 6.04. The predicted octanol–water partition coefficient (Wildman–Crippen LogP) is 5.44. The summed E-state index contributed by atoms with van der Waals surface area (Å²) in [5.41, 5.74) is 6.37. The second-order valence-electron chi connectivity index (χ2n) is 9.47. The number of piperidine rings is 1. The minimum absolute atomic E-state index is 0.0962. The standard InChI is InChI=1S/C29H33N3O3/c1-19-4-6-20(7-5-19)29(33)31-23-10-8-22(9-11-23)30-24-13-15-32-14-12-21-16-27(34-2)28(35-3)18-25(21)26(32)17-24/h4-11,16,18,24,26,30H,12-15,17H2,1-3H3,(H,31,33). The summed E-state index contributed by atoms with van der Waals surface area (Å²) >= 11 is 0. The average molecular weight is 472 g/mol. The maximum absolute atomic E-state index is 12.5. The van der Waals surface area contributed by atoms with Gasteiger partial charge in [0.2, 0.25) is 0 Å². The van der Waals surface area contributed by atoms with Crippen LogP contribution in [-0.4, -0.2) is 44.2 Å². The van der Waals surface area contributed by atoms with Crippen molar-refractivity contribution >= 4 is 17.3 Å². The topological polar surface area (TPSA) is 62.8 Å². The van der Waals surface area contributed by atoms with E-state index >= 15 is 0 Å². The molecule has 3 aromatic carbocycles. The average Bonchev–Trinajstić information content (AvgIpc) is 2.89. The van der Waals surface area contributed by atoms with Gasteiger partial charge in [-0.3, -0.25) is 9.69 Å². The van der Waals surface area contributed by atoms with E-state index in [-0.39, 0.29) is 5.91 Å². The van der Waals surface area contributed by atoms with E-state index in [0.29, 0.717) is 17.6 Å². The van der Waals surface area contributed by atoms with Crippen molar-refractivity contribution in [2.75, 3.05) is 37.9 Å². The van der Waals surface area contributed by atoms with Crippen LogP contribution in [0.2, 0.25) is 0 Å². The lowest BCUT2D eigenvalue weighted by Gasteiger charge is -2.44. The third-order valence-corrected chi connectivity index (χ3v) is 7.21. The molecule has 2 aliphatic heterocycles. The first-order valence-electron chi connectivity index (χ1n) is 12.3. The molecule has 1 saturated heterocycles. The van der Waals surface area contributed by atoms with Crippen molar-refractivity contribution < 1.29 is 14.3 Å². The second-order valence-corrected chi connectivity index (χ2v) is 9.47. The summed E-state index contributed by atoms with van der Waals surface area (Å²) in [6.45, 7) is 4.16. The quantitative estimate of drug-likeness (QED) is 0.501. The van der Waals surface area contributed by atoms with Crippen LogP contribution in [0.5, 0.6) is 11.5 Å². The summed E-state index contributed by atoms with van der Waals surface area (Å²) in [7, 11) is 3.39. The van der Waals surface area contributed by atoms with Crippen LogP contribution in [0.1, 0.15) is 45.9 Å². The number of benzene rings is 3. The molecule has 1 amide bonds. The first-order valence-corrected chi connectivity index (χ1v) is 12.3. The highest BCUT2D eigenvalue weighted by Gasteiger charge is 2.34. The number of rotatable bonds is 6. The van der Waals surface area contributed by atoms with E-state index in [0.717, 1.165) is 60.8 Å². The number of amides is 1. The number of methoxy groups -OCH3 is 2. The molecule has 5 rings (SSSR count). The van der Waals surface area contributed by atoms with Crippen molar-refractivity contribution in [3.05, 3.63) is 82.9 Å². The Morgan fingerprint density at radius 2 is 1.60 bits per heavy atom. The van der Waals surface area contributed by atoms with Crippen molar-refractivity contribution in [3.8, 4) is 11.5 Å². The van der Waals surface area contributed by atoms with Gasteiger partial charge in [-0.15, -0.1) is 0 Å². The molecule has 0 aromatic heterocycles. The Hall–Kier alpha value is -3.51. The maximum Gasteiger partial charge on any atom is 0.255 e. The Morgan fingerprint density at radius 1 is 0.914 bits per heavy atom. The number of anilines is 2. The lowest BCUT2D eigenvalue weighted by Crippen LogP contribution is -2.44. The SMILES string of the molecule is COc1cc2c(cc1OC)C1CC(Nc3ccc(NC(=O)c4ccc(C)cc4)cc3)CCN1CC2. The second kappa shape index (κ2) is 10.0. The van der Waals surface area contributed by atoms with Crippen LogP contribution in [0.15, 0.2) is 60.7 Å². The summed E-state index contributed by atoms with van der Waals surface area (Å²) < 4.78 is 11.1. The first-order chi connectivity index (χ1) is 17.0. The molecule has 2 aliphatic rings. The number of fused-ring (bicyclic) bond motifs is 3. The van der Waals surface area contributed by atoms with Gasteiger partial charge < -0.3 is 20.1 Å². The van der Waals surface area contributed by atoms with Crippen molar-refractivity contribution in [2.24, 2.45) is 0 Å². The first kappa shape index (κ1) is 23.2. The third kappa shape index (κ3) is 4.98. The Bertz CT molecular complexity index is 1190.